The number of rotatable bonds is 3. The van der Waals surface area contributed by atoms with Crippen molar-refractivity contribution in [2.45, 2.75) is 19.8 Å². The Bertz CT molecular complexity index is 438. The second-order valence-electron chi connectivity index (χ2n) is 4.87. The molecule has 5 heteroatoms. The molecule has 0 saturated carbocycles. The van der Waals surface area contributed by atoms with Gasteiger partial charge in [0.2, 0.25) is 0 Å². The Morgan fingerprint density at radius 3 is 2.29 bits per heavy atom. The third-order valence-electron chi connectivity index (χ3n) is 3.36. The Morgan fingerprint density at radius 2 is 1.76 bits per heavy atom. The van der Waals surface area contributed by atoms with E-state index in [1.807, 2.05) is 19.1 Å². The maximum Gasteiger partial charge on any atom is 0.381 e. The van der Waals surface area contributed by atoms with Crippen molar-refractivity contribution >= 4 is 7.75 Å². The molecule has 0 aromatic heterocycles. The van der Waals surface area contributed by atoms with E-state index in [9.17, 15) is 9.46 Å². The fourth-order valence-corrected chi connectivity index (χ4v) is 3.45. The van der Waals surface area contributed by atoms with Crippen molar-refractivity contribution in [3.63, 3.8) is 0 Å². The molecule has 0 N–H and O–H groups in total. The first kappa shape index (κ1) is 12.6. The quantitative estimate of drug-likeness (QED) is 0.777. The van der Waals surface area contributed by atoms with Crippen LogP contribution in [0.3, 0.4) is 0 Å². The normalized spacial score (nSPS) is 22.1. The molecule has 1 aliphatic heterocycles. The zero-order valence-corrected chi connectivity index (χ0v) is 11.2. The minimum atomic E-state index is -3.90. The molecule has 4 nitrogen and oxygen atoms in total. The van der Waals surface area contributed by atoms with Gasteiger partial charge in [-0.15, -0.1) is 0 Å². The summed E-state index contributed by atoms with van der Waals surface area (Å²) in [6.07, 6.45) is 1.89. The van der Waals surface area contributed by atoms with Gasteiger partial charge in [-0.2, -0.15) is 0 Å². The summed E-state index contributed by atoms with van der Waals surface area (Å²) in [6, 6.07) is 7.09. The lowest BCUT2D eigenvalue weighted by Crippen LogP contribution is -2.43. The predicted molar refractivity (Wildman–Crippen MR) is 64.6 cm³/mol. The van der Waals surface area contributed by atoms with Gasteiger partial charge in [0, 0.05) is 12.8 Å². The predicted octanol–water partition coefficient (Wildman–Crippen LogP) is 2.08. The monoisotopic (exact) mass is 255 g/mol. The van der Waals surface area contributed by atoms with Crippen molar-refractivity contribution < 1.29 is 18.2 Å². The Morgan fingerprint density at radius 1 is 1.24 bits per heavy atom. The average Bonchev–Trinajstić information content (AvgIpc) is 2.70. The molecule has 94 valence electrons. The summed E-state index contributed by atoms with van der Waals surface area (Å²) < 4.78 is 17.4. The number of likely N-dealkylation sites (tertiary alicyclic amines) is 1. The topological polar surface area (TPSA) is 49.4 Å². The van der Waals surface area contributed by atoms with Gasteiger partial charge in [0.25, 0.3) is 0 Å². The van der Waals surface area contributed by atoms with Crippen LogP contribution in [0, 0.1) is 6.92 Å². The highest BCUT2D eigenvalue weighted by Crippen LogP contribution is 2.50. The van der Waals surface area contributed by atoms with E-state index in [0.717, 1.165) is 18.4 Å². The molecule has 1 heterocycles. The summed E-state index contributed by atoms with van der Waals surface area (Å²) in [5, 5.41) is 0. The molecule has 0 spiro atoms. The molecule has 0 aliphatic carbocycles. The largest absolute Gasteiger partial charge is 0.719 e. The third-order valence-corrected chi connectivity index (χ3v) is 5.39. The maximum absolute atomic E-state index is 12.2. The molecule has 0 bridgehead atoms. The van der Waals surface area contributed by atoms with Crippen LogP contribution in [0.15, 0.2) is 24.3 Å². The van der Waals surface area contributed by atoms with Crippen molar-refractivity contribution in [1.29, 1.82) is 0 Å². The fraction of sp³-hybridized carbons (Fsp3) is 0.500. The molecule has 1 unspecified atom stereocenters. The molecule has 0 amide bonds. The molecule has 1 aromatic rings. The Labute approximate surface area is 102 Å². The van der Waals surface area contributed by atoms with Crippen LogP contribution in [0.4, 0.5) is 0 Å². The van der Waals surface area contributed by atoms with Crippen molar-refractivity contribution in [3.05, 3.63) is 29.8 Å². The summed E-state index contributed by atoms with van der Waals surface area (Å²) >= 11 is 0. The molecule has 2 rings (SSSR count). The van der Waals surface area contributed by atoms with Crippen LogP contribution in [-0.2, 0) is 4.57 Å². The van der Waals surface area contributed by atoms with Crippen molar-refractivity contribution in [1.82, 2.24) is 0 Å². The molecule has 0 radical (unpaired) electrons. The van der Waals surface area contributed by atoms with Crippen molar-refractivity contribution in [2.24, 2.45) is 0 Å². The SMILES string of the molecule is Cc1ccc(OP(=O)([O-])[N+]2(C)CCCC2)cc1. The van der Waals surface area contributed by atoms with Crippen LogP contribution in [0.2, 0.25) is 0 Å². The lowest BCUT2D eigenvalue weighted by atomic mass is 10.2. The first-order chi connectivity index (χ1) is 7.93. The highest BCUT2D eigenvalue weighted by molar-refractivity contribution is 7.45. The second-order valence-corrected chi connectivity index (χ2v) is 6.95. The van der Waals surface area contributed by atoms with Crippen LogP contribution in [-0.4, -0.2) is 24.4 Å². The molecule has 1 aliphatic rings. The Hall–Kier alpha value is -0.830. The van der Waals surface area contributed by atoms with Gasteiger partial charge < -0.3 is 9.42 Å². The lowest BCUT2D eigenvalue weighted by molar-refractivity contribution is -0.801. The van der Waals surface area contributed by atoms with E-state index in [4.69, 9.17) is 4.52 Å². The van der Waals surface area contributed by atoms with E-state index in [1.165, 1.54) is 0 Å². The zero-order valence-electron chi connectivity index (χ0n) is 10.3. The number of hydrogen-bond acceptors (Lipinski definition) is 3. The summed E-state index contributed by atoms with van der Waals surface area (Å²) in [5.74, 6) is 0.403. The van der Waals surface area contributed by atoms with Gasteiger partial charge in [0.15, 0.2) is 0 Å². The molecular formula is C12H18NO3P. The van der Waals surface area contributed by atoms with Gasteiger partial charge in [0.1, 0.15) is 5.75 Å². The van der Waals surface area contributed by atoms with Gasteiger partial charge in [0.05, 0.1) is 20.1 Å². The average molecular weight is 255 g/mol. The summed E-state index contributed by atoms with van der Waals surface area (Å²) in [6.45, 7) is 3.24. The number of nitrogens with zero attached hydrogens (tertiary/aromatic N) is 1. The first-order valence-corrected chi connectivity index (χ1v) is 7.35. The third kappa shape index (κ3) is 2.54. The van der Waals surface area contributed by atoms with Crippen LogP contribution in [0.1, 0.15) is 18.4 Å². The van der Waals surface area contributed by atoms with Crippen LogP contribution >= 0.6 is 7.75 Å². The van der Waals surface area contributed by atoms with Gasteiger partial charge in [-0.3, -0.25) is 4.25 Å². The molecule has 1 saturated heterocycles. The van der Waals surface area contributed by atoms with Gasteiger partial charge in [-0.25, -0.2) is 4.57 Å². The number of hydrogen-bond donors (Lipinski definition) is 0. The summed E-state index contributed by atoms with van der Waals surface area (Å²) in [7, 11) is -2.17. The summed E-state index contributed by atoms with van der Waals surface area (Å²) in [5.41, 5.74) is 1.08. The Balaban J connectivity index is 2.17. The van der Waals surface area contributed by atoms with Gasteiger partial charge >= 0.3 is 7.75 Å². The van der Waals surface area contributed by atoms with Crippen LogP contribution in [0.25, 0.3) is 0 Å². The molecular weight excluding hydrogens is 237 g/mol. The maximum atomic E-state index is 12.2. The molecule has 1 fully saturated rings. The highest BCUT2D eigenvalue weighted by Gasteiger charge is 2.40. The fourth-order valence-electron chi connectivity index (χ4n) is 2.09. The van der Waals surface area contributed by atoms with Crippen molar-refractivity contribution in [3.8, 4) is 5.75 Å². The van der Waals surface area contributed by atoms with E-state index in [-0.39, 0.29) is 4.25 Å². The van der Waals surface area contributed by atoms with Gasteiger partial charge in [-0.1, -0.05) is 17.7 Å². The molecule has 1 atom stereocenters. The molecule has 1 aromatic carbocycles. The first-order valence-electron chi connectivity index (χ1n) is 5.85. The van der Waals surface area contributed by atoms with E-state index in [1.54, 1.807) is 19.2 Å². The van der Waals surface area contributed by atoms with E-state index >= 15 is 0 Å². The minimum absolute atomic E-state index is 0.0148. The smallest absolute Gasteiger partial charge is 0.381 e. The van der Waals surface area contributed by atoms with Crippen molar-refractivity contribution in [2.75, 3.05) is 20.1 Å². The van der Waals surface area contributed by atoms with E-state index in [2.05, 4.69) is 0 Å². The van der Waals surface area contributed by atoms with Gasteiger partial charge in [-0.05, 0) is 19.1 Å². The molecule has 17 heavy (non-hydrogen) atoms. The standard InChI is InChI=1S/C12H18NO3P/c1-11-5-7-12(8-6-11)16-17(14,15)13(2)9-3-4-10-13/h5-8H,3-4,9-10H2,1-2H3. The number of benzene rings is 1. The Kier molecular flexibility index (Phi) is 3.30. The highest BCUT2D eigenvalue weighted by atomic mass is 31.2. The summed E-state index contributed by atoms with van der Waals surface area (Å²) in [4.78, 5) is 12.2. The van der Waals surface area contributed by atoms with Crippen LogP contribution < -0.4 is 9.42 Å². The van der Waals surface area contributed by atoms with E-state index < -0.39 is 7.75 Å². The number of aryl methyl sites for hydroxylation is 1. The zero-order chi connectivity index (χ0) is 12.5. The number of quaternary nitrogens is 1. The van der Waals surface area contributed by atoms with Crippen LogP contribution in [0.5, 0.6) is 5.75 Å². The minimum Gasteiger partial charge on any atom is -0.719 e. The lowest BCUT2D eigenvalue weighted by Gasteiger charge is -2.39. The second kappa shape index (κ2) is 4.45. The van der Waals surface area contributed by atoms with E-state index in [0.29, 0.717) is 18.8 Å².